The van der Waals surface area contributed by atoms with Crippen molar-refractivity contribution in [1.29, 1.82) is 0 Å². The second-order valence-electron chi connectivity index (χ2n) is 7.93. The molecule has 3 atom stereocenters. The van der Waals surface area contributed by atoms with Gasteiger partial charge >= 0.3 is 5.97 Å². The number of carboxylic acids is 1. The fourth-order valence-electron chi connectivity index (χ4n) is 4.08. The molecule has 0 radical (unpaired) electrons. The molecule has 31 heavy (non-hydrogen) atoms. The molecule has 1 aliphatic rings. The number of benzene rings is 1. The number of carbonyl (C=O) groups is 2. The van der Waals surface area contributed by atoms with Crippen molar-refractivity contribution in [3.63, 3.8) is 0 Å². The minimum atomic E-state index is -1.51. The van der Waals surface area contributed by atoms with Crippen LogP contribution in [0, 0.1) is 5.92 Å². The number of hydrogen-bond donors (Lipinski definition) is 3. The maximum absolute atomic E-state index is 12.5. The first-order chi connectivity index (χ1) is 14.7. The lowest BCUT2D eigenvalue weighted by Gasteiger charge is -2.31. The van der Waals surface area contributed by atoms with Crippen LogP contribution in [0.4, 0.5) is 0 Å². The van der Waals surface area contributed by atoms with E-state index in [0.29, 0.717) is 50.0 Å². The van der Waals surface area contributed by atoms with E-state index in [0.717, 1.165) is 5.56 Å². The Morgan fingerprint density at radius 3 is 2.52 bits per heavy atom. The summed E-state index contributed by atoms with van der Waals surface area (Å²) in [6, 6.07) is 5.60. The van der Waals surface area contributed by atoms with E-state index in [-0.39, 0.29) is 17.9 Å². The molecule has 0 spiro atoms. The highest BCUT2D eigenvalue weighted by Crippen LogP contribution is 2.40. The molecular formula is C23H31ClO7. The Morgan fingerprint density at radius 2 is 1.87 bits per heavy atom. The predicted molar refractivity (Wildman–Crippen MR) is 117 cm³/mol. The quantitative estimate of drug-likeness (QED) is 0.391. The minimum absolute atomic E-state index is 0.0523. The summed E-state index contributed by atoms with van der Waals surface area (Å²) in [7, 11) is 3.13. The van der Waals surface area contributed by atoms with Crippen LogP contribution in [0.25, 0.3) is 0 Å². The molecule has 3 unspecified atom stereocenters. The maximum Gasteiger partial charge on any atom is 0.303 e. The number of carbonyl (C=O) groups excluding carboxylic acids is 1. The molecule has 0 bridgehead atoms. The molecule has 0 saturated carbocycles. The number of unbranched alkanes of at least 4 members (excludes halogenated alkanes) is 2. The van der Waals surface area contributed by atoms with Gasteiger partial charge in [-0.25, -0.2) is 0 Å². The molecule has 0 amide bonds. The van der Waals surface area contributed by atoms with Gasteiger partial charge in [-0.05, 0) is 55.9 Å². The molecule has 2 rings (SSSR count). The number of hydrogen-bond acceptors (Lipinski definition) is 6. The smallest absolute Gasteiger partial charge is 0.303 e. The number of ether oxygens (including phenoxy) is 2. The fourth-order valence-corrected chi connectivity index (χ4v) is 4.38. The monoisotopic (exact) mass is 454 g/mol. The number of rotatable bonds is 13. The summed E-state index contributed by atoms with van der Waals surface area (Å²) < 4.78 is 10.5. The molecule has 7 nitrogen and oxygen atoms in total. The van der Waals surface area contributed by atoms with Crippen molar-refractivity contribution in [3.8, 4) is 11.5 Å². The normalized spacial score (nSPS) is 21.6. The first-order valence-electron chi connectivity index (χ1n) is 10.5. The van der Waals surface area contributed by atoms with E-state index in [4.69, 9.17) is 26.2 Å². The number of aliphatic hydroxyl groups is 2. The van der Waals surface area contributed by atoms with Gasteiger partial charge in [0.2, 0.25) is 0 Å². The van der Waals surface area contributed by atoms with E-state index in [1.165, 1.54) is 6.08 Å². The van der Waals surface area contributed by atoms with E-state index in [1.54, 1.807) is 14.2 Å². The van der Waals surface area contributed by atoms with Crippen LogP contribution in [0.15, 0.2) is 29.3 Å². The van der Waals surface area contributed by atoms with Crippen LogP contribution in [0.1, 0.15) is 50.5 Å². The average Bonchev–Trinajstić information content (AvgIpc) is 2.95. The van der Waals surface area contributed by atoms with Gasteiger partial charge in [0.15, 0.2) is 17.3 Å². The van der Waals surface area contributed by atoms with Crippen molar-refractivity contribution >= 4 is 23.4 Å². The number of ketones is 1. The van der Waals surface area contributed by atoms with E-state index in [2.05, 4.69) is 0 Å². The minimum Gasteiger partial charge on any atom is -0.493 e. The number of halogens is 1. The molecule has 3 N–H and O–H groups in total. The van der Waals surface area contributed by atoms with Crippen LogP contribution in [-0.2, 0) is 16.0 Å². The number of Topliss-reactive ketones (excluding diaryl/α,β-unsaturated/α-hetero) is 1. The molecule has 1 aromatic carbocycles. The zero-order valence-corrected chi connectivity index (χ0v) is 18.7. The third-order valence-electron chi connectivity index (χ3n) is 5.70. The lowest BCUT2D eigenvalue weighted by molar-refractivity contribution is -0.137. The average molecular weight is 455 g/mol. The van der Waals surface area contributed by atoms with Crippen molar-refractivity contribution in [1.82, 2.24) is 0 Å². The van der Waals surface area contributed by atoms with Crippen molar-refractivity contribution in [3.05, 3.63) is 34.9 Å². The van der Waals surface area contributed by atoms with Gasteiger partial charge in [-0.1, -0.05) is 30.5 Å². The van der Waals surface area contributed by atoms with Gasteiger partial charge in [0.1, 0.15) is 0 Å². The molecule has 1 aromatic rings. The van der Waals surface area contributed by atoms with Crippen LogP contribution in [0.5, 0.6) is 11.5 Å². The van der Waals surface area contributed by atoms with Gasteiger partial charge in [0, 0.05) is 6.42 Å². The summed E-state index contributed by atoms with van der Waals surface area (Å²) in [4.78, 5) is 23.1. The Bertz CT molecular complexity index is 807. The van der Waals surface area contributed by atoms with Crippen LogP contribution >= 0.6 is 11.6 Å². The summed E-state index contributed by atoms with van der Waals surface area (Å²) in [5.41, 5.74) is -0.512. The number of methoxy groups -OCH3 is 2. The summed E-state index contributed by atoms with van der Waals surface area (Å²) >= 11 is 6.02. The number of aliphatic hydroxyl groups excluding tert-OH is 1. The Hall–Kier alpha value is -2.09. The number of allylic oxidation sites excluding steroid dienone is 1. The van der Waals surface area contributed by atoms with E-state index in [1.807, 2.05) is 18.2 Å². The van der Waals surface area contributed by atoms with Crippen LogP contribution < -0.4 is 9.47 Å². The Balaban J connectivity index is 1.95. The fraction of sp³-hybridized carbons (Fsp3) is 0.565. The highest BCUT2D eigenvalue weighted by atomic mass is 35.5. The SMILES string of the molecule is COc1ccc(CCCC2(O)C=C(Cl)C(=O)C2C(O)CCCCCC(=O)O)cc1OC. The zero-order valence-electron chi connectivity index (χ0n) is 18.0. The highest BCUT2D eigenvalue weighted by Gasteiger charge is 2.49. The van der Waals surface area contributed by atoms with E-state index in [9.17, 15) is 19.8 Å². The summed E-state index contributed by atoms with van der Waals surface area (Å²) in [6.45, 7) is 0. The molecule has 0 aromatic heterocycles. The third kappa shape index (κ3) is 6.69. The lowest BCUT2D eigenvalue weighted by Crippen LogP contribution is -2.43. The topological polar surface area (TPSA) is 113 Å². The third-order valence-corrected chi connectivity index (χ3v) is 5.99. The maximum atomic E-state index is 12.5. The van der Waals surface area contributed by atoms with Crippen LogP contribution in [-0.4, -0.2) is 53.0 Å². The van der Waals surface area contributed by atoms with Gasteiger partial charge in [-0.3, -0.25) is 9.59 Å². The lowest BCUT2D eigenvalue weighted by atomic mass is 9.80. The molecule has 0 fully saturated rings. The number of aryl methyl sites for hydroxylation is 1. The van der Waals surface area contributed by atoms with Crippen molar-refractivity contribution < 1.29 is 34.4 Å². The van der Waals surface area contributed by atoms with Gasteiger partial charge < -0.3 is 24.8 Å². The van der Waals surface area contributed by atoms with Gasteiger partial charge in [0.25, 0.3) is 0 Å². The first kappa shape index (κ1) is 25.2. The van der Waals surface area contributed by atoms with Gasteiger partial charge in [-0.2, -0.15) is 0 Å². The molecule has 1 aliphatic carbocycles. The molecule has 0 aliphatic heterocycles. The van der Waals surface area contributed by atoms with Gasteiger partial charge in [-0.15, -0.1) is 0 Å². The Morgan fingerprint density at radius 1 is 1.16 bits per heavy atom. The standard InChI is InChI=1S/C23H31ClO7/c1-30-18-11-10-15(13-19(18)31-2)7-6-12-23(29)14-16(24)22(28)21(23)17(25)8-4-3-5-9-20(26)27/h10-11,13-14,17,21,25,29H,3-9,12H2,1-2H3,(H,26,27). The predicted octanol–water partition coefficient (Wildman–Crippen LogP) is 3.48. The Kier molecular flexibility index (Phi) is 9.34. The van der Waals surface area contributed by atoms with Crippen LogP contribution in [0.3, 0.4) is 0 Å². The summed E-state index contributed by atoms with van der Waals surface area (Å²) in [6.07, 6.45) is 3.86. The molecular weight excluding hydrogens is 424 g/mol. The van der Waals surface area contributed by atoms with E-state index < -0.39 is 29.4 Å². The second kappa shape index (κ2) is 11.5. The second-order valence-corrected chi connectivity index (χ2v) is 8.34. The summed E-state index contributed by atoms with van der Waals surface area (Å²) in [5, 5.41) is 30.4. The first-order valence-corrected chi connectivity index (χ1v) is 10.9. The van der Waals surface area contributed by atoms with E-state index >= 15 is 0 Å². The molecule has 0 heterocycles. The van der Waals surface area contributed by atoms with Gasteiger partial charge in [0.05, 0.1) is 36.9 Å². The molecule has 172 valence electrons. The largest absolute Gasteiger partial charge is 0.493 e. The van der Waals surface area contributed by atoms with Crippen molar-refractivity contribution in [2.24, 2.45) is 5.92 Å². The van der Waals surface area contributed by atoms with Crippen LogP contribution in [0.2, 0.25) is 0 Å². The number of aliphatic carboxylic acids is 1. The number of carboxylic acid groups (broad SMARTS) is 1. The van der Waals surface area contributed by atoms with Crippen molar-refractivity contribution in [2.45, 2.75) is 63.1 Å². The highest BCUT2D eigenvalue weighted by molar-refractivity contribution is 6.43. The zero-order chi connectivity index (χ0) is 23.0. The molecule has 8 heteroatoms. The molecule has 0 saturated heterocycles. The van der Waals surface area contributed by atoms with Crippen molar-refractivity contribution in [2.75, 3.05) is 14.2 Å². The Labute approximate surface area is 187 Å². The summed E-state index contributed by atoms with van der Waals surface area (Å²) in [5.74, 6) is -1.06.